The van der Waals surface area contributed by atoms with Crippen LogP contribution >= 0.6 is 24.0 Å². The minimum Gasteiger partial charge on any atom is -0.456 e. The number of ether oxygens (including phenoxy) is 1. The number of benzene rings is 2. The molecule has 0 spiro atoms. The van der Waals surface area contributed by atoms with Crippen LogP contribution in [0.1, 0.15) is 34.9 Å². The number of rotatable bonds is 8. The molecule has 1 heterocycles. The maximum atomic E-state index is 12.3. The Morgan fingerprint density at radius 1 is 1.04 bits per heavy atom. The van der Waals surface area contributed by atoms with E-state index in [0.717, 1.165) is 5.56 Å². The van der Waals surface area contributed by atoms with E-state index in [9.17, 15) is 9.59 Å². The summed E-state index contributed by atoms with van der Waals surface area (Å²) in [6.45, 7) is 0.431. The number of nitrogens with zero attached hydrogens (tertiary/aromatic N) is 2. The molecule has 3 aromatic rings. The molecular weight excluding hydrogens is 399 g/mol. The highest BCUT2D eigenvalue weighted by Gasteiger charge is 2.18. The van der Waals surface area contributed by atoms with Crippen LogP contribution in [0.25, 0.3) is 0 Å². The number of hydrogen-bond donors (Lipinski definition) is 0. The number of esters is 1. The Bertz CT molecular complexity index is 882. The predicted octanol–water partition coefficient (Wildman–Crippen LogP) is 4.91. The smallest absolute Gasteiger partial charge is 0.306 e. The average molecular weight is 419 g/mol. The fourth-order valence-electron chi connectivity index (χ4n) is 2.68. The summed E-state index contributed by atoms with van der Waals surface area (Å²) >= 11 is 5.95. The van der Waals surface area contributed by atoms with Crippen LogP contribution in [0.15, 0.2) is 73.3 Å². The standard InChI is InChI=1S/C21H19ClN2O3.ClH/c22-18-8-6-17(7-9-18)20(14-24-13-12-23-15-24)27-21(26)11-10-19(25)16-4-2-1-3-5-16;/h1-9,12-13,15,20H,10-11,14H2;1H. The SMILES string of the molecule is Cl.O=C(CCC(=O)c1ccccc1)OC(Cn1ccnc1)c1ccc(Cl)cc1. The third-order valence-electron chi connectivity index (χ3n) is 4.10. The van der Waals surface area contributed by atoms with Crippen molar-refractivity contribution < 1.29 is 14.3 Å². The van der Waals surface area contributed by atoms with Gasteiger partial charge in [0.15, 0.2) is 5.78 Å². The summed E-state index contributed by atoms with van der Waals surface area (Å²) in [5, 5.41) is 0.611. The van der Waals surface area contributed by atoms with Gasteiger partial charge >= 0.3 is 5.97 Å². The molecule has 0 N–H and O–H groups in total. The molecule has 0 fully saturated rings. The summed E-state index contributed by atoms with van der Waals surface area (Å²) in [5.41, 5.74) is 1.42. The molecule has 1 unspecified atom stereocenters. The van der Waals surface area contributed by atoms with Crippen molar-refractivity contribution in [2.24, 2.45) is 0 Å². The molecular formula is C21H20Cl2N2O3. The molecule has 1 aromatic heterocycles. The van der Waals surface area contributed by atoms with Gasteiger partial charge in [-0.1, -0.05) is 54.1 Å². The van der Waals surface area contributed by atoms with Crippen LogP contribution in [0, 0.1) is 0 Å². The molecule has 146 valence electrons. The highest BCUT2D eigenvalue weighted by Crippen LogP contribution is 2.23. The van der Waals surface area contributed by atoms with Gasteiger partial charge in [0, 0.05) is 29.4 Å². The highest BCUT2D eigenvalue weighted by atomic mass is 35.5. The van der Waals surface area contributed by atoms with E-state index in [1.807, 2.05) is 22.8 Å². The maximum absolute atomic E-state index is 12.3. The van der Waals surface area contributed by atoms with Crippen molar-refractivity contribution in [3.63, 3.8) is 0 Å². The van der Waals surface area contributed by atoms with Crippen LogP contribution < -0.4 is 0 Å². The number of Topliss-reactive ketones (excluding diaryl/α,β-unsaturated/α-hetero) is 1. The van der Waals surface area contributed by atoms with E-state index in [0.29, 0.717) is 17.1 Å². The predicted molar refractivity (Wildman–Crippen MR) is 110 cm³/mol. The van der Waals surface area contributed by atoms with E-state index in [1.165, 1.54) is 0 Å². The first-order valence-corrected chi connectivity index (χ1v) is 8.98. The van der Waals surface area contributed by atoms with Crippen molar-refractivity contribution in [2.45, 2.75) is 25.5 Å². The normalized spacial score (nSPS) is 11.3. The quantitative estimate of drug-likeness (QED) is 0.385. The van der Waals surface area contributed by atoms with Crippen molar-refractivity contribution in [2.75, 3.05) is 0 Å². The lowest BCUT2D eigenvalue weighted by Crippen LogP contribution is -2.17. The van der Waals surface area contributed by atoms with Gasteiger partial charge in [-0.25, -0.2) is 4.98 Å². The zero-order chi connectivity index (χ0) is 19.1. The Hall–Kier alpha value is -2.63. The van der Waals surface area contributed by atoms with Crippen LogP contribution in [-0.2, 0) is 16.1 Å². The first-order chi connectivity index (χ1) is 13.1. The van der Waals surface area contributed by atoms with E-state index in [1.54, 1.807) is 55.1 Å². The van der Waals surface area contributed by atoms with Crippen LogP contribution in [0.3, 0.4) is 0 Å². The maximum Gasteiger partial charge on any atom is 0.306 e. The van der Waals surface area contributed by atoms with Gasteiger partial charge in [-0.2, -0.15) is 0 Å². The number of hydrogen-bond acceptors (Lipinski definition) is 4. The molecule has 0 saturated heterocycles. The molecule has 0 aliphatic rings. The van der Waals surface area contributed by atoms with E-state index >= 15 is 0 Å². The lowest BCUT2D eigenvalue weighted by molar-refractivity contribution is -0.150. The highest BCUT2D eigenvalue weighted by molar-refractivity contribution is 6.30. The Kier molecular flexibility index (Phi) is 8.23. The van der Waals surface area contributed by atoms with Gasteiger partial charge in [0.25, 0.3) is 0 Å². The summed E-state index contributed by atoms with van der Waals surface area (Å²) in [6, 6.07) is 16.1. The minimum atomic E-state index is -0.490. The lowest BCUT2D eigenvalue weighted by atomic mass is 10.1. The summed E-state index contributed by atoms with van der Waals surface area (Å²) in [6.07, 6.45) is 4.78. The molecule has 0 bridgehead atoms. The largest absolute Gasteiger partial charge is 0.456 e. The lowest BCUT2D eigenvalue weighted by Gasteiger charge is -2.19. The van der Waals surface area contributed by atoms with E-state index in [-0.39, 0.29) is 31.0 Å². The fourth-order valence-corrected chi connectivity index (χ4v) is 2.80. The van der Waals surface area contributed by atoms with Crippen LogP contribution in [0.5, 0.6) is 0 Å². The monoisotopic (exact) mass is 418 g/mol. The van der Waals surface area contributed by atoms with Crippen LogP contribution in [0.2, 0.25) is 5.02 Å². The van der Waals surface area contributed by atoms with E-state index < -0.39 is 12.1 Å². The molecule has 0 amide bonds. The minimum absolute atomic E-state index is 0. The van der Waals surface area contributed by atoms with E-state index in [4.69, 9.17) is 16.3 Å². The number of carbonyl (C=O) groups excluding carboxylic acids is 2. The number of ketones is 1. The summed E-state index contributed by atoms with van der Waals surface area (Å²) in [4.78, 5) is 28.5. The Morgan fingerprint density at radius 3 is 2.39 bits per heavy atom. The summed E-state index contributed by atoms with van der Waals surface area (Å²) in [5.74, 6) is -0.496. The molecule has 28 heavy (non-hydrogen) atoms. The summed E-state index contributed by atoms with van der Waals surface area (Å²) in [7, 11) is 0. The molecule has 7 heteroatoms. The van der Waals surface area contributed by atoms with Crippen LogP contribution in [-0.4, -0.2) is 21.3 Å². The molecule has 0 radical (unpaired) electrons. The van der Waals surface area contributed by atoms with Gasteiger partial charge in [0.05, 0.1) is 19.3 Å². The average Bonchev–Trinajstić information content (AvgIpc) is 3.20. The molecule has 1 atom stereocenters. The first kappa shape index (κ1) is 21.7. The number of carbonyl (C=O) groups is 2. The van der Waals surface area contributed by atoms with Gasteiger partial charge < -0.3 is 9.30 Å². The van der Waals surface area contributed by atoms with Gasteiger partial charge in [-0.05, 0) is 17.7 Å². The Labute approximate surface area is 174 Å². The van der Waals surface area contributed by atoms with Crippen LogP contribution in [0.4, 0.5) is 0 Å². The second kappa shape index (κ2) is 10.6. The van der Waals surface area contributed by atoms with Crippen molar-refractivity contribution >= 4 is 35.8 Å². The number of aromatic nitrogens is 2. The fraction of sp³-hybridized carbons (Fsp3) is 0.190. The molecule has 0 aliphatic carbocycles. The van der Waals surface area contributed by atoms with Crippen molar-refractivity contribution in [1.29, 1.82) is 0 Å². The first-order valence-electron chi connectivity index (χ1n) is 8.61. The third-order valence-corrected chi connectivity index (χ3v) is 4.36. The second-order valence-electron chi connectivity index (χ2n) is 6.08. The third kappa shape index (κ3) is 6.22. The second-order valence-corrected chi connectivity index (χ2v) is 6.52. The van der Waals surface area contributed by atoms with Gasteiger partial charge in [0.2, 0.25) is 0 Å². The number of halogens is 2. The molecule has 0 saturated carbocycles. The van der Waals surface area contributed by atoms with Gasteiger partial charge in [-0.3, -0.25) is 9.59 Å². The van der Waals surface area contributed by atoms with Gasteiger partial charge in [-0.15, -0.1) is 12.4 Å². The zero-order valence-electron chi connectivity index (χ0n) is 15.0. The molecule has 0 aliphatic heterocycles. The van der Waals surface area contributed by atoms with Crippen molar-refractivity contribution in [3.05, 3.63) is 89.5 Å². The molecule has 5 nitrogen and oxygen atoms in total. The number of imidazole rings is 1. The molecule has 2 aromatic carbocycles. The Morgan fingerprint density at radius 2 is 1.75 bits per heavy atom. The summed E-state index contributed by atoms with van der Waals surface area (Å²) < 4.78 is 7.49. The van der Waals surface area contributed by atoms with Crippen molar-refractivity contribution in [3.8, 4) is 0 Å². The topological polar surface area (TPSA) is 61.2 Å². The molecule has 3 rings (SSSR count). The zero-order valence-corrected chi connectivity index (χ0v) is 16.6. The van der Waals surface area contributed by atoms with E-state index in [2.05, 4.69) is 4.98 Å². The Balaban J connectivity index is 0.00000280. The van der Waals surface area contributed by atoms with Crippen molar-refractivity contribution in [1.82, 2.24) is 9.55 Å². The van der Waals surface area contributed by atoms with Gasteiger partial charge in [0.1, 0.15) is 6.10 Å².